The van der Waals surface area contributed by atoms with E-state index in [0.717, 1.165) is 0 Å². The van der Waals surface area contributed by atoms with E-state index < -0.39 is 0 Å². The summed E-state index contributed by atoms with van der Waals surface area (Å²) in [6, 6.07) is 34.7. The van der Waals surface area contributed by atoms with Crippen molar-refractivity contribution in [3.05, 3.63) is 142 Å². The van der Waals surface area contributed by atoms with Crippen molar-refractivity contribution in [3.63, 3.8) is 0 Å². The molecule has 0 aromatic heterocycles. The Kier molecular flexibility index (Phi) is 8.30. The van der Waals surface area contributed by atoms with E-state index in [0.29, 0.717) is 55.5 Å². The van der Waals surface area contributed by atoms with Crippen LogP contribution in [0.25, 0.3) is 0 Å². The summed E-state index contributed by atoms with van der Waals surface area (Å²) in [5.74, 6) is 2.05. The molecule has 2 amide bonds. The number of anilines is 2. The molecule has 0 atom stereocenters. The van der Waals surface area contributed by atoms with Crippen molar-refractivity contribution < 1.29 is 19.1 Å². The lowest BCUT2D eigenvalue weighted by Crippen LogP contribution is -2.11. The highest BCUT2D eigenvalue weighted by Crippen LogP contribution is 2.28. The third-order valence-electron chi connectivity index (χ3n) is 5.73. The van der Waals surface area contributed by atoms with E-state index in [-0.39, 0.29) is 11.8 Å². The van der Waals surface area contributed by atoms with Crippen molar-refractivity contribution >= 4 is 46.4 Å². The molecule has 0 radical (unpaired) electrons. The first kappa shape index (κ1) is 26.8. The average molecular weight is 569 g/mol. The van der Waals surface area contributed by atoms with E-state index in [2.05, 4.69) is 10.6 Å². The number of rotatable bonds is 8. The minimum atomic E-state index is -0.224. The number of carbonyl (C=O) groups excluding carboxylic acids is 2. The largest absolute Gasteiger partial charge is 0.457 e. The Morgan fingerprint density at radius 1 is 0.425 bits per heavy atom. The van der Waals surface area contributed by atoms with Gasteiger partial charge in [-0.2, -0.15) is 0 Å². The second-order valence-corrected chi connectivity index (χ2v) is 9.52. The fourth-order valence-corrected chi connectivity index (χ4v) is 3.92. The molecule has 2 N–H and O–H groups in total. The quantitative estimate of drug-likeness (QED) is 0.195. The first-order valence-corrected chi connectivity index (χ1v) is 13.0. The molecule has 5 aromatic rings. The van der Waals surface area contributed by atoms with Gasteiger partial charge >= 0.3 is 0 Å². The predicted molar refractivity (Wildman–Crippen MR) is 158 cm³/mol. The number of hydrogen-bond acceptors (Lipinski definition) is 4. The van der Waals surface area contributed by atoms with Gasteiger partial charge < -0.3 is 20.1 Å². The molecule has 8 heteroatoms. The summed E-state index contributed by atoms with van der Waals surface area (Å²) in [5, 5.41) is 6.83. The van der Waals surface area contributed by atoms with Gasteiger partial charge in [0.25, 0.3) is 11.8 Å². The summed E-state index contributed by atoms with van der Waals surface area (Å²) in [4.78, 5) is 24.7. The van der Waals surface area contributed by atoms with Crippen molar-refractivity contribution in [1.29, 1.82) is 0 Å². The second kappa shape index (κ2) is 12.4. The highest BCUT2D eigenvalue weighted by Gasteiger charge is 2.08. The third kappa shape index (κ3) is 7.20. The van der Waals surface area contributed by atoms with Gasteiger partial charge in [-0.3, -0.25) is 9.59 Å². The van der Waals surface area contributed by atoms with Gasteiger partial charge in [-0.25, -0.2) is 0 Å². The minimum absolute atomic E-state index is 0.224. The number of nitrogens with one attached hydrogen (secondary N) is 2. The molecule has 0 fully saturated rings. The first-order valence-electron chi connectivity index (χ1n) is 12.2. The Morgan fingerprint density at radius 3 is 1.00 bits per heavy atom. The van der Waals surface area contributed by atoms with Crippen LogP contribution in [0.15, 0.2) is 121 Å². The minimum Gasteiger partial charge on any atom is -0.457 e. The summed E-state index contributed by atoms with van der Waals surface area (Å²) in [6.07, 6.45) is 0. The number of ether oxygens (including phenoxy) is 2. The molecule has 0 spiro atoms. The smallest absolute Gasteiger partial charge is 0.255 e. The molecule has 0 aliphatic rings. The van der Waals surface area contributed by atoms with Crippen LogP contribution in [0.1, 0.15) is 20.7 Å². The van der Waals surface area contributed by atoms with Crippen molar-refractivity contribution in [2.24, 2.45) is 0 Å². The molecule has 0 unspecified atom stereocenters. The van der Waals surface area contributed by atoms with Crippen LogP contribution in [0.5, 0.6) is 23.0 Å². The molecule has 5 rings (SSSR count). The molecule has 0 saturated carbocycles. The molecular weight excluding hydrogens is 547 g/mol. The molecule has 0 heterocycles. The Balaban J connectivity index is 1.12. The molecule has 0 aliphatic carbocycles. The van der Waals surface area contributed by atoms with Gasteiger partial charge in [0.2, 0.25) is 0 Å². The second-order valence-electron chi connectivity index (χ2n) is 8.65. The van der Waals surface area contributed by atoms with E-state index in [1.165, 1.54) is 0 Å². The number of amides is 2. The van der Waals surface area contributed by atoms with Crippen LogP contribution < -0.4 is 20.1 Å². The monoisotopic (exact) mass is 568 g/mol. The van der Waals surface area contributed by atoms with Crippen molar-refractivity contribution in [1.82, 2.24) is 0 Å². The van der Waals surface area contributed by atoms with Gasteiger partial charge in [-0.15, -0.1) is 0 Å². The third-order valence-corrected chi connectivity index (χ3v) is 6.24. The molecular formula is C32H22Cl2N2O4. The van der Waals surface area contributed by atoms with E-state index in [1.54, 1.807) is 121 Å². The van der Waals surface area contributed by atoms with Crippen LogP contribution in [-0.2, 0) is 0 Å². The maximum Gasteiger partial charge on any atom is 0.255 e. The molecule has 0 aliphatic heterocycles. The van der Waals surface area contributed by atoms with Gasteiger partial charge in [0, 0.05) is 32.5 Å². The highest BCUT2D eigenvalue weighted by atomic mass is 35.5. The number of carbonyl (C=O) groups is 2. The van der Waals surface area contributed by atoms with Gasteiger partial charge in [-0.05, 0) is 121 Å². The topological polar surface area (TPSA) is 76.7 Å². The lowest BCUT2D eigenvalue weighted by Gasteiger charge is -2.10. The average Bonchev–Trinajstić information content (AvgIpc) is 2.97. The van der Waals surface area contributed by atoms with E-state index in [9.17, 15) is 9.59 Å². The fourth-order valence-electron chi connectivity index (χ4n) is 3.67. The standard InChI is InChI=1S/C32H22Cl2N2O4/c33-23-5-1-21(2-6-23)31(37)35-25-9-13-27(14-10-25)39-29-17-19-30(20-18-29)40-28-15-11-26(12-16-28)36-32(38)22-3-7-24(34)8-4-22/h1-20H,(H,35,37)(H,36,38). The van der Waals surface area contributed by atoms with Gasteiger partial charge in [-0.1, -0.05) is 23.2 Å². The Bertz CT molecular complexity index is 1480. The van der Waals surface area contributed by atoms with Crippen LogP contribution in [0.2, 0.25) is 10.0 Å². The summed E-state index contributed by atoms with van der Waals surface area (Å²) in [7, 11) is 0. The SMILES string of the molecule is O=C(Nc1ccc(Oc2ccc(Oc3ccc(NC(=O)c4ccc(Cl)cc4)cc3)cc2)cc1)c1ccc(Cl)cc1. The Hall–Kier alpha value is -4.78. The molecule has 198 valence electrons. The van der Waals surface area contributed by atoms with Crippen LogP contribution in [0.3, 0.4) is 0 Å². The van der Waals surface area contributed by atoms with E-state index in [4.69, 9.17) is 32.7 Å². The van der Waals surface area contributed by atoms with Crippen LogP contribution >= 0.6 is 23.2 Å². The zero-order valence-electron chi connectivity index (χ0n) is 20.9. The van der Waals surface area contributed by atoms with E-state index in [1.807, 2.05) is 0 Å². The lowest BCUT2D eigenvalue weighted by atomic mass is 10.2. The van der Waals surface area contributed by atoms with Gasteiger partial charge in [0.05, 0.1) is 0 Å². The molecule has 5 aromatic carbocycles. The first-order chi connectivity index (χ1) is 19.4. The normalized spacial score (nSPS) is 10.4. The van der Waals surface area contributed by atoms with Crippen molar-refractivity contribution in [2.45, 2.75) is 0 Å². The number of benzene rings is 5. The maximum atomic E-state index is 12.4. The summed E-state index contributed by atoms with van der Waals surface area (Å²) < 4.78 is 11.8. The number of hydrogen-bond donors (Lipinski definition) is 2. The van der Waals surface area contributed by atoms with Crippen molar-refractivity contribution in [3.8, 4) is 23.0 Å². The summed E-state index contributed by atoms with van der Waals surface area (Å²) >= 11 is 11.8. The summed E-state index contributed by atoms with van der Waals surface area (Å²) in [5.41, 5.74) is 2.33. The van der Waals surface area contributed by atoms with Crippen LogP contribution in [0, 0.1) is 0 Å². The molecule has 0 saturated heterocycles. The molecule has 0 bridgehead atoms. The fraction of sp³-hybridized carbons (Fsp3) is 0. The van der Waals surface area contributed by atoms with Gasteiger partial charge in [0.15, 0.2) is 0 Å². The molecule has 6 nitrogen and oxygen atoms in total. The van der Waals surface area contributed by atoms with E-state index >= 15 is 0 Å². The molecule has 40 heavy (non-hydrogen) atoms. The predicted octanol–water partition coefficient (Wildman–Crippen LogP) is 9.08. The maximum absolute atomic E-state index is 12.4. The summed E-state index contributed by atoms with van der Waals surface area (Å²) in [6.45, 7) is 0. The zero-order valence-corrected chi connectivity index (χ0v) is 22.4. The Morgan fingerprint density at radius 2 is 0.700 bits per heavy atom. The van der Waals surface area contributed by atoms with Crippen LogP contribution in [0.4, 0.5) is 11.4 Å². The highest BCUT2D eigenvalue weighted by molar-refractivity contribution is 6.31. The van der Waals surface area contributed by atoms with Crippen LogP contribution in [-0.4, -0.2) is 11.8 Å². The van der Waals surface area contributed by atoms with Gasteiger partial charge in [0.1, 0.15) is 23.0 Å². The van der Waals surface area contributed by atoms with Crippen molar-refractivity contribution in [2.75, 3.05) is 10.6 Å². The lowest BCUT2D eigenvalue weighted by molar-refractivity contribution is 0.101. The Labute approximate surface area is 241 Å². The zero-order chi connectivity index (χ0) is 27.9. The number of halogens is 2.